The van der Waals surface area contributed by atoms with Gasteiger partial charge in [0.1, 0.15) is 24.0 Å². The molecule has 2 rings (SSSR count). The van der Waals surface area contributed by atoms with Gasteiger partial charge >= 0.3 is 6.08 Å². The molecule has 0 bridgehead atoms. The Morgan fingerprint density at radius 2 is 2.03 bits per heavy atom. The van der Waals surface area contributed by atoms with Crippen molar-refractivity contribution in [3.8, 4) is 0 Å². The fourth-order valence-electron chi connectivity index (χ4n) is 3.07. The number of halogens is 3. The fourth-order valence-corrected chi connectivity index (χ4v) is 3.07. The summed E-state index contributed by atoms with van der Waals surface area (Å²) in [5, 5.41) is 3.18. The first kappa shape index (κ1) is 23.1. The van der Waals surface area contributed by atoms with E-state index in [-0.39, 0.29) is 18.0 Å². The minimum Gasteiger partial charge on any atom is -0.495 e. The number of methoxy groups -OCH3 is 1. The van der Waals surface area contributed by atoms with Crippen LogP contribution in [0.1, 0.15) is 33.3 Å². The quantitative estimate of drug-likeness (QED) is 0.480. The van der Waals surface area contributed by atoms with Crippen LogP contribution in [0.2, 0.25) is 0 Å². The predicted octanol–water partition coefficient (Wildman–Crippen LogP) is 5.35. The summed E-state index contributed by atoms with van der Waals surface area (Å²) in [6, 6.07) is 4.09. The molecule has 1 aliphatic heterocycles. The average Bonchev–Trinajstić information content (AvgIpc) is 2.68. The highest BCUT2D eigenvalue weighted by molar-refractivity contribution is 5.83. The zero-order valence-corrected chi connectivity index (χ0v) is 17.6. The number of hydrogen-bond donors (Lipinski definition) is 2. The van der Waals surface area contributed by atoms with Gasteiger partial charge in [-0.25, -0.2) is 9.38 Å². The highest BCUT2D eigenvalue weighted by Crippen LogP contribution is 2.41. The third kappa shape index (κ3) is 4.87. The van der Waals surface area contributed by atoms with Gasteiger partial charge in [-0.3, -0.25) is 0 Å². The summed E-state index contributed by atoms with van der Waals surface area (Å²) in [7, 11) is 1.54. The van der Waals surface area contributed by atoms with Gasteiger partial charge in [0, 0.05) is 11.3 Å². The molecule has 8 heteroatoms. The van der Waals surface area contributed by atoms with Gasteiger partial charge in [0.25, 0.3) is 0 Å². The molecule has 0 aromatic heterocycles. The molecule has 0 radical (unpaired) electrons. The van der Waals surface area contributed by atoms with Crippen molar-refractivity contribution in [2.24, 2.45) is 10.7 Å². The Morgan fingerprint density at radius 3 is 2.60 bits per heavy atom. The second-order valence-electron chi connectivity index (χ2n) is 7.01. The third-order valence-electron chi connectivity index (χ3n) is 4.51. The lowest BCUT2D eigenvalue weighted by molar-refractivity contribution is 0.158. The molecule has 0 saturated carbocycles. The minimum absolute atomic E-state index is 0.00112. The van der Waals surface area contributed by atoms with E-state index in [4.69, 9.17) is 15.2 Å². The smallest absolute Gasteiger partial charge is 0.310 e. The Hall–Kier alpha value is -3.16. The van der Waals surface area contributed by atoms with Crippen molar-refractivity contribution in [3.05, 3.63) is 76.7 Å². The van der Waals surface area contributed by atoms with E-state index in [1.807, 2.05) is 32.9 Å². The molecule has 1 aliphatic rings. The normalized spacial score (nSPS) is 19.3. The fraction of sp³-hybridized carbons (Fsp3) is 0.318. The number of nitrogens with zero attached hydrogens (tertiary/aromatic N) is 1. The second kappa shape index (κ2) is 9.56. The maximum atomic E-state index is 14.7. The molecule has 5 nitrogen and oxygen atoms in total. The predicted molar refractivity (Wildman–Crippen MR) is 112 cm³/mol. The van der Waals surface area contributed by atoms with Gasteiger partial charge in [-0.1, -0.05) is 12.2 Å². The van der Waals surface area contributed by atoms with Crippen LogP contribution in [-0.4, -0.2) is 19.6 Å². The van der Waals surface area contributed by atoms with E-state index in [1.165, 1.54) is 32.2 Å². The summed E-state index contributed by atoms with van der Waals surface area (Å²) in [5.74, 6) is -0.871. The Morgan fingerprint density at radius 1 is 1.33 bits per heavy atom. The van der Waals surface area contributed by atoms with Crippen LogP contribution in [0.5, 0.6) is 0 Å². The summed E-state index contributed by atoms with van der Waals surface area (Å²) >= 11 is 0. The van der Waals surface area contributed by atoms with Crippen LogP contribution < -0.4 is 11.1 Å². The molecule has 0 amide bonds. The topological polar surface area (TPSA) is 68.9 Å². The first-order chi connectivity index (χ1) is 14.1. The van der Waals surface area contributed by atoms with Crippen LogP contribution in [0.15, 0.2) is 70.3 Å². The second-order valence-corrected chi connectivity index (χ2v) is 7.01. The molecule has 1 aromatic rings. The van der Waals surface area contributed by atoms with Gasteiger partial charge in [-0.2, -0.15) is 8.78 Å². The molecule has 1 heterocycles. The molecule has 0 spiro atoms. The molecule has 1 aromatic carbocycles. The van der Waals surface area contributed by atoms with Crippen molar-refractivity contribution in [1.29, 1.82) is 0 Å². The summed E-state index contributed by atoms with van der Waals surface area (Å²) < 4.78 is 52.3. The summed E-state index contributed by atoms with van der Waals surface area (Å²) in [6.45, 7) is 6.70. The van der Waals surface area contributed by atoms with Gasteiger partial charge in [0.05, 0.1) is 12.8 Å². The summed E-state index contributed by atoms with van der Waals surface area (Å²) in [6.07, 6.45) is 3.37. The van der Waals surface area contributed by atoms with E-state index in [9.17, 15) is 13.2 Å². The molecule has 30 heavy (non-hydrogen) atoms. The molecule has 1 unspecified atom stereocenters. The van der Waals surface area contributed by atoms with Crippen molar-refractivity contribution in [1.82, 2.24) is 0 Å². The monoisotopic (exact) mass is 421 g/mol. The SMILES string of the molecule is C/C=C\C=C(\OC)C(Nc1ccc(F)c(C2(C)N=C(N)COC2=C(F)F)c1)=C(C)C. The number of ether oxygens (including phenoxy) is 2. The first-order valence-electron chi connectivity index (χ1n) is 9.28. The van der Waals surface area contributed by atoms with E-state index < -0.39 is 23.2 Å². The molecule has 1 atom stereocenters. The largest absolute Gasteiger partial charge is 0.495 e. The highest BCUT2D eigenvalue weighted by atomic mass is 19.3. The van der Waals surface area contributed by atoms with Gasteiger partial charge in [0.15, 0.2) is 11.3 Å². The van der Waals surface area contributed by atoms with E-state index >= 15 is 0 Å². The standard InChI is InChI=1S/C22H26F3N3O2/c1-6-7-8-17(29-5)19(13(2)3)27-14-9-10-16(23)15(11-14)22(4)20(21(24)25)30-12-18(26)28-22/h6-11,27H,12H2,1-5H3,(H2,26,28)/b7-6-,17-8+. The number of rotatable bonds is 6. The lowest BCUT2D eigenvalue weighted by atomic mass is 9.89. The van der Waals surface area contributed by atoms with Crippen LogP contribution in [0, 0.1) is 5.82 Å². The van der Waals surface area contributed by atoms with E-state index in [2.05, 4.69) is 10.3 Å². The lowest BCUT2D eigenvalue weighted by Gasteiger charge is -2.32. The van der Waals surface area contributed by atoms with E-state index in [1.54, 1.807) is 6.08 Å². The molecular weight excluding hydrogens is 395 g/mol. The van der Waals surface area contributed by atoms with Gasteiger partial charge in [-0.05, 0) is 57.5 Å². The number of nitrogens with two attached hydrogens (primary N) is 1. The lowest BCUT2D eigenvalue weighted by Crippen LogP contribution is -2.37. The zero-order valence-electron chi connectivity index (χ0n) is 17.6. The number of benzene rings is 1. The van der Waals surface area contributed by atoms with Crippen molar-refractivity contribution in [2.45, 2.75) is 33.2 Å². The minimum atomic E-state index is -2.08. The van der Waals surface area contributed by atoms with E-state index in [0.29, 0.717) is 17.1 Å². The van der Waals surface area contributed by atoms with E-state index in [0.717, 1.165) is 5.57 Å². The number of aliphatic imine (C=N–C) groups is 1. The Balaban J connectivity index is 2.57. The molecule has 0 fully saturated rings. The van der Waals surface area contributed by atoms with Crippen molar-refractivity contribution < 1.29 is 22.6 Å². The van der Waals surface area contributed by atoms with Crippen LogP contribution in [0.3, 0.4) is 0 Å². The average molecular weight is 421 g/mol. The maximum absolute atomic E-state index is 14.7. The third-order valence-corrected chi connectivity index (χ3v) is 4.51. The van der Waals surface area contributed by atoms with Crippen molar-refractivity contribution >= 4 is 11.5 Å². The molecule has 162 valence electrons. The van der Waals surface area contributed by atoms with Gasteiger partial charge in [-0.15, -0.1) is 0 Å². The summed E-state index contributed by atoms with van der Waals surface area (Å²) in [5.41, 5.74) is 5.85. The maximum Gasteiger partial charge on any atom is 0.310 e. The van der Waals surface area contributed by atoms with Gasteiger partial charge < -0.3 is 20.5 Å². The Kier molecular flexibility index (Phi) is 7.37. The number of anilines is 1. The number of amidine groups is 1. The van der Waals surface area contributed by atoms with Gasteiger partial charge in [0.2, 0.25) is 0 Å². The summed E-state index contributed by atoms with van der Waals surface area (Å²) in [4.78, 5) is 4.10. The van der Waals surface area contributed by atoms with Crippen molar-refractivity contribution in [3.63, 3.8) is 0 Å². The molecule has 0 aliphatic carbocycles. The van der Waals surface area contributed by atoms with Crippen LogP contribution in [-0.2, 0) is 15.0 Å². The Bertz CT molecular complexity index is 956. The zero-order chi connectivity index (χ0) is 22.5. The van der Waals surface area contributed by atoms with Crippen LogP contribution >= 0.6 is 0 Å². The Labute approximate surface area is 174 Å². The van der Waals surface area contributed by atoms with Crippen molar-refractivity contribution in [2.75, 3.05) is 19.0 Å². The molecule has 0 saturated heterocycles. The number of hydrogen-bond acceptors (Lipinski definition) is 5. The number of nitrogens with one attached hydrogen (secondary N) is 1. The highest BCUT2D eigenvalue weighted by Gasteiger charge is 2.41. The first-order valence-corrected chi connectivity index (χ1v) is 9.28. The molecular formula is C22H26F3N3O2. The molecule has 3 N–H and O–H groups in total. The van der Waals surface area contributed by atoms with Crippen LogP contribution in [0.25, 0.3) is 0 Å². The number of allylic oxidation sites excluding steroid dienone is 4. The van der Waals surface area contributed by atoms with Crippen LogP contribution in [0.4, 0.5) is 18.9 Å².